The molecule has 0 heterocycles. The van der Waals surface area contributed by atoms with E-state index < -0.39 is 5.97 Å². The topological polar surface area (TPSA) is 52.9 Å². The summed E-state index contributed by atoms with van der Waals surface area (Å²) in [6.07, 6.45) is 2.39. The number of rotatable bonds is 5. The van der Waals surface area contributed by atoms with Gasteiger partial charge in [-0.05, 0) is 42.3 Å². The third-order valence-corrected chi connectivity index (χ3v) is 3.24. The van der Waals surface area contributed by atoms with Crippen molar-refractivity contribution in [3.8, 4) is 0 Å². The Bertz CT molecular complexity index is 651. The first-order valence-electron chi connectivity index (χ1n) is 6.80. The molecule has 4 nitrogen and oxygen atoms in total. The second-order valence-electron chi connectivity index (χ2n) is 4.69. The first-order valence-corrected chi connectivity index (χ1v) is 6.80. The number of hydrogen-bond donors (Lipinski definition) is 1. The molecule has 108 valence electrons. The van der Waals surface area contributed by atoms with Gasteiger partial charge in [0.1, 0.15) is 0 Å². The maximum Gasteiger partial charge on any atom is 0.335 e. The number of carboxylic acids is 1. The predicted molar refractivity (Wildman–Crippen MR) is 85.8 cm³/mol. The molecule has 2 rings (SSSR count). The van der Waals surface area contributed by atoms with Crippen LogP contribution in [0.1, 0.15) is 22.8 Å². The zero-order valence-electron chi connectivity index (χ0n) is 12.2. The highest BCUT2D eigenvalue weighted by Gasteiger charge is 2.08. The number of carboxylic acid groups (broad SMARTS) is 1. The summed E-state index contributed by atoms with van der Waals surface area (Å²) in [4.78, 5) is 17.4. The van der Waals surface area contributed by atoms with Gasteiger partial charge in [-0.1, -0.05) is 25.1 Å². The number of aliphatic imine (C=N–C) groups is 1. The Morgan fingerprint density at radius 3 is 2.57 bits per heavy atom. The Morgan fingerprint density at radius 1 is 1.24 bits per heavy atom. The van der Waals surface area contributed by atoms with Gasteiger partial charge in [0, 0.05) is 12.7 Å². The zero-order valence-corrected chi connectivity index (χ0v) is 12.2. The molecule has 2 aromatic rings. The molecule has 0 bridgehead atoms. The average Bonchev–Trinajstić information content (AvgIpc) is 2.52. The van der Waals surface area contributed by atoms with Gasteiger partial charge in [-0.3, -0.25) is 0 Å². The van der Waals surface area contributed by atoms with Crippen molar-refractivity contribution in [3.05, 3.63) is 59.7 Å². The van der Waals surface area contributed by atoms with Crippen molar-refractivity contribution in [3.63, 3.8) is 0 Å². The normalized spacial score (nSPS) is 10.8. The van der Waals surface area contributed by atoms with Crippen LogP contribution in [-0.4, -0.2) is 24.5 Å². The SMILES string of the molecule is CCc1cc(/N=C/N(C)c2ccccc2)ccc1C(=O)O. The number of para-hydroxylation sites is 1. The Hall–Kier alpha value is -2.62. The fourth-order valence-electron chi connectivity index (χ4n) is 2.04. The van der Waals surface area contributed by atoms with E-state index in [1.165, 1.54) is 0 Å². The Balaban J connectivity index is 2.20. The van der Waals surface area contributed by atoms with Crippen LogP contribution in [0.25, 0.3) is 0 Å². The number of nitrogens with zero attached hydrogens (tertiary/aromatic N) is 2. The molecule has 0 unspecified atom stereocenters. The number of benzene rings is 2. The minimum absolute atomic E-state index is 0.341. The van der Waals surface area contributed by atoms with E-state index in [9.17, 15) is 4.79 Å². The van der Waals surface area contributed by atoms with Gasteiger partial charge in [-0.15, -0.1) is 0 Å². The molecule has 0 saturated carbocycles. The third kappa shape index (κ3) is 3.69. The summed E-state index contributed by atoms with van der Waals surface area (Å²) in [5.74, 6) is -0.899. The minimum atomic E-state index is -0.899. The third-order valence-electron chi connectivity index (χ3n) is 3.24. The molecule has 21 heavy (non-hydrogen) atoms. The summed E-state index contributed by atoms with van der Waals surface area (Å²) in [6, 6.07) is 15.0. The molecule has 0 amide bonds. The van der Waals surface area contributed by atoms with Crippen molar-refractivity contribution in [1.29, 1.82) is 0 Å². The molecule has 0 fully saturated rings. The van der Waals surface area contributed by atoms with E-state index in [1.807, 2.05) is 55.3 Å². The van der Waals surface area contributed by atoms with Gasteiger partial charge in [0.2, 0.25) is 0 Å². The standard InChI is InChI=1S/C17H18N2O2/c1-3-13-11-14(9-10-16(13)17(20)21)18-12-19(2)15-7-5-4-6-8-15/h4-12H,3H2,1-2H3,(H,20,21)/b18-12+. The summed E-state index contributed by atoms with van der Waals surface area (Å²) in [5.41, 5.74) is 2.92. The molecular formula is C17H18N2O2. The van der Waals surface area contributed by atoms with Crippen LogP contribution in [0, 0.1) is 0 Å². The van der Waals surface area contributed by atoms with Crippen molar-refractivity contribution in [2.75, 3.05) is 11.9 Å². The lowest BCUT2D eigenvalue weighted by atomic mass is 10.0. The lowest BCUT2D eigenvalue weighted by Crippen LogP contribution is -2.13. The molecule has 0 aliphatic rings. The molecule has 0 aliphatic carbocycles. The number of hydrogen-bond acceptors (Lipinski definition) is 2. The number of carbonyl (C=O) groups is 1. The van der Waals surface area contributed by atoms with Gasteiger partial charge in [0.15, 0.2) is 0 Å². The Kier molecular flexibility index (Phi) is 4.72. The molecule has 0 aromatic heterocycles. The van der Waals surface area contributed by atoms with Crippen molar-refractivity contribution in [2.24, 2.45) is 4.99 Å². The average molecular weight is 282 g/mol. The molecule has 4 heteroatoms. The van der Waals surface area contributed by atoms with E-state index in [0.29, 0.717) is 12.0 Å². The number of aryl methyl sites for hydroxylation is 1. The molecular weight excluding hydrogens is 264 g/mol. The molecule has 0 radical (unpaired) electrons. The van der Waals surface area contributed by atoms with Crippen molar-refractivity contribution in [2.45, 2.75) is 13.3 Å². The summed E-state index contributed by atoms with van der Waals surface area (Å²) >= 11 is 0. The van der Waals surface area contributed by atoms with Gasteiger partial charge in [0.25, 0.3) is 0 Å². The van der Waals surface area contributed by atoms with Crippen LogP contribution in [-0.2, 0) is 6.42 Å². The van der Waals surface area contributed by atoms with Gasteiger partial charge >= 0.3 is 5.97 Å². The first-order chi connectivity index (χ1) is 10.1. The molecule has 2 aromatic carbocycles. The maximum absolute atomic E-state index is 11.1. The summed E-state index contributed by atoms with van der Waals surface area (Å²) in [5, 5.41) is 9.11. The fraction of sp³-hybridized carbons (Fsp3) is 0.176. The zero-order chi connectivity index (χ0) is 15.2. The second kappa shape index (κ2) is 6.70. The molecule has 0 atom stereocenters. The molecule has 0 spiro atoms. The van der Waals surface area contributed by atoms with Crippen molar-refractivity contribution < 1.29 is 9.90 Å². The van der Waals surface area contributed by atoms with Crippen LogP contribution < -0.4 is 4.90 Å². The quantitative estimate of drug-likeness (QED) is 0.671. The molecule has 0 saturated heterocycles. The smallest absolute Gasteiger partial charge is 0.335 e. The highest BCUT2D eigenvalue weighted by Crippen LogP contribution is 2.19. The van der Waals surface area contributed by atoms with Crippen LogP contribution in [0.2, 0.25) is 0 Å². The number of anilines is 1. The summed E-state index contributed by atoms with van der Waals surface area (Å²) < 4.78 is 0. The monoisotopic (exact) mass is 282 g/mol. The van der Waals surface area contributed by atoms with Crippen LogP contribution in [0.4, 0.5) is 11.4 Å². The van der Waals surface area contributed by atoms with Gasteiger partial charge < -0.3 is 10.0 Å². The van der Waals surface area contributed by atoms with Gasteiger partial charge in [-0.25, -0.2) is 9.79 Å². The summed E-state index contributed by atoms with van der Waals surface area (Å²) in [6.45, 7) is 1.94. The van der Waals surface area contributed by atoms with E-state index >= 15 is 0 Å². The minimum Gasteiger partial charge on any atom is -0.478 e. The Morgan fingerprint density at radius 2 is 1.95 bits per heavy atom. The van der Waals surface area contributed by atoms with Crippen molar-refractivity contribution >= 4 is 23.7 Å². The van der Waals surface area contributed by atoms with Crippen molar-refractivity contribution in [1.82, 2.24) is 0 Å². The highest BCUT2D eigenvalue weighted by molar-refractivity contribution is 5.90. The molecule has 0 aliphatic heterocycles. The van der Waals surface area contributed by atoms with Gasteiger partial charge in [-0.2, -0.15) is 0 Å². The van der Waals surface area contributed by atoms with E-state index in [-0.39, 0.29) is 0 Å². The fourth-order valence-corrected chi connectivity index (χ4v) is 2.04. The van der Waals surface area contributed by atoms with Gasteiger partial charge in [0.05, 0.1) is 17.6 Å². The van der Waals surface area contributed by atoms with E-state index in [4.69, 9.17) is 5.11 Å². The highest BCUT2D eigenvalue weighted by atomic mass is 16.4. The Labute approximate surface area is 124 Å². The van der Waals surface area contributed by atoms with E-state index in [1.54, 1.807) is 18.5 Å². The maximum atomic E-state index is 11.1. The lowest BCUT2D eigenvalue weighted by molar-refractivity contribution is 0.0696. The second-order valence-corrected chi connectivity index (χ2v) is 4.69. The lowest BCUT2D eigenvalue weighted by Gasteiger charge is -2.12. The first kappa shape index (κ1) is 14.8. The van der Waals surface area contributed by atoms with Crippen LogP contribution in [0.3, 0.4) is 0 Å². The molecule has 1 N–H and O–H groups in total. The van der Waals surface area contributed by atoms with Crippen LogP contribution in [0.5, 0.6) is 0 Å². The number of aromatic carboxylic acids is 1. The van der Waals surface area contributed by atoms with Crippen LogP contribution >= 0.6 is 0 Å². The van der Waals surface area contributed by atoms with E-state index in [0.717, 1.165) is 16.9 Å². The van der Waals surface area contributed by atoms with Crippen LogP contribution in [0.15, 0.2) is 53.5 Å². The predicted octanol–water partition coefficient (Wildman–Crippen LogP) is 3.74. The van der Waals surface area contributed by atoms with E-state index in [2.05, 4.69) is 4.99 Å². The largest absolute Gasteiger partial charge is 0.478 e. The summed E-state index contributed by atoms with van der Waals surface area (Å²) in [7, 11) is 1.92.